The van der Waals surface area contributed by atoms with Crippen molar-refractivity contribution in [3.63, 3.8) is 0 Å². The Kier molecular flexibility index (Phi) is 3.29. The summed E-state index contributed by atoms with van der Waals surface area (Å²) in [6, 6.07) is 4.61. The second kappa shape index (κ2) is 4.73. The van der Waals surface area contributed by atoms with Gasteiger partial charge in [0, 0.05) is 7.05 Å². The highest BCUT2D eigenvalue weighted by atomic mass is 19.1. The number of carbonyl (C=O) groups is 2. The van der Waals surface area contributed by atoms with Gasteiger partial charge in [-0.3, -0.25) is 4.79 Å². The molecule has 1 heterocycles. The van der Waals surface area contributed by atoms with Crippen LogP contribution in [-0.2, 0) is 14.3 Å². The molecule has 1 aromatic carbocycles. The number of carboxylic acids is 1. The Morgan fingerprint density at radius 3 is 2.61 bits per heavy atom. The monoisotopic (exact) mass is 253 g/mol. The molecule has 96 valence electrons. The fourth-order valence-corrected chi connectivity index (χ4v) is 1.98. The molecule has 0 spiro atoms. The summed E-state index contributed by atoms with van der Waals surface area (Å²) in [4.78, 5) is 24.0. The highest BCUT2D eigenvalue weighted by Gasteiger charge is 2.39. The lowest BCUT2D eigenvalue weighted by molar-refractivity contribution is -0.171. The predicted octanol–water partition coefficient (Wildman–Crippen LogP) is 0.809. The predicted molar refractivity (Wildman–Crippen MR) is 59.3 cm³/mol. The molecular formula is C12H12FNO4. The van der Waals surface area contributed by atoms with E-state index in [-0.39, 0.29) is 12.5 Å². The molecule has 18 heavy (non-hydrogen) atoms. The number of aliphatic carboxylic acids is 1. The normalized spacial score (nSPS) is 24.1. The number of carboxylic acid groups (broad SMARTS) is 1. The van der Waals surface area contributed by atoms with Gasteiger partial charge in [-0.1, -0.05) is 12.1 Å². The highest BCUT2D eigenvalue weighted by Crippen LogP contribution is 2.29. The molecule has 0 saturated carbocycles. The van der Waals surface area contributed by atoms with Crippen LogP contribution in [0.15, 0.2) is 24.3 Å². The molecule has 1 aliphatic rings. The zero-order valence-corrected chi connectivity index (χ0v) is 9.67. The molecule has 2 unspecified atom stereocenters. The van der Waals surface area contributed by atoms with Crippen LogP contribution in [0.25, 0.3) is 0 Å². The molecule has 1 N–H and O–H groups in total. The maximum absolute atomic E-state index is 12.9. The van der Waals surface area contributed by atoms with Crippen LogP contribution in [0.5, 0.6) is 0 Å². The standard InChI is InChI=1S/C12H12FNO4/c1-14-9(15)6-18-11(12(16)17)10(14)7-2-4-8(13)5-3-7/h2-5,10-11H,6H2,1H3,(H,16,17). The van der Waals surface area contributed by atoms with Gasteiger partial charge >= 0.3 is 5.97 Å². The zero-order chi connectivity index (χ0) is 13.3. The van der Waals surface area contributed by atoms with E-state index < -0.39 is 23.9 Å². The molecule has 2 rings (SSSR count). The molecule has 1 fully saturated rings. The van der Waals surface area contributed by atoms with Crippen LogP contribution >= 0.6 is 0 Å². The number of likely N-dealkylation sites (N-methyl/N-ethyl adjacent to an activating group) is 1. The Bertz CT molecular complexity index is 473. The second-order valence-corrected chi connectivity index (χ2v) is 4.07. The third-order valence-corrected chi connectivity index (χ3v) is 2.94. The second-order valence-electron chi connectivity index (χ2n) is 4.07. The fraction of sp³-hybridized carbons (Fsp3) is 0.333. The van der Waals surface area contributed by atoms with Crippen LogP contribution in [0, 0.1) is 5.82 Å². The number of morpholine rings is 1. The molecule has 1 amide bonds. The third kappa shape index (κ3) is 2.19. The van der Waals surface area contributed by atoms with E-state index in [2.05, 4.69) is 0 Å². The zero-order valence-electron chi connectivity index (χ0n) is 9.67. The summed E-state index contributed by atoms with van der Waals surface area (Å²) in [6.07, 6.45) is -1.14. The fourth-order valence-electron chi connectivity index (χ4n) is 1.98. The molecule has 0 aromatic heterocycles. The van der Waals surface area contributed by atoms with E-state index in [9.17, 15) is 14.0 Å². The lowest BCUT2D eigenvalue weighted by atomic mass is 9.98. The van der Waals surface area contributed by atoms with Crippen molar-refractivity contribution in [3.8, 4) is 0 Å². The maximum Gasteiger partial charge on any atom is 0.335 e. The summed E-state index contributed by atoms with van der Waals surface area (Å²) in [5, 5.41) is 9.09. The molecule has 5 nitrogen and oxygen atoms in total. The maximum atomic E-state index is 12.9. The molecule has 0 bridgehead atoms. The van der Waals surface area contributed by atoms with Crippen LogP contribution in [0.4, 0.5) is 4.39 Å². The van der Waals surface area contributed by atoms with E-state index in [0.717, 1.165) is 0 Å². The van der Waals surface area contributed by atoms with Gasteiger partial charge in [0.05, 0.1) is 6.04 Å². The molecule has 1 saturated heterocycles. The lowest BCUT2D eigenvalue weighted by Gasteiger charge is -2.37. The van der Waals surface area contributed by atoms with E-state index >= 15 is 0 Å². The van der Waals surface area contributed by atoms with E-state index in [4.69, 9.17) is 9.84 Å². The van der Waals surface area contributed by atoms with Crippen molar-refractivity contribution in [1.82, 2.24) is 4.90 Å². The lowest BCUT2D eigenvalue weighted by Crippen LogP contribution is -2.50. The van der Waals surface area contributed by atoms with Crippen molar-refractivity contribution in [3.05, 3.63) is 35.6 Å². The average Bonchev–Trinajstić information content (AvgIpc) is 2.33. The van der Waals surface area contributed by atoms with Crippen molar-refractivity contribution in [2.24, 2.45) is 0 Å². The van der Waals surface area contributed by atoms with Gasteiger partial charge in [-0.25, -0.2) is 9.18 Å². The van der Waals surface area contributed by atoms with E-state index in [0.29, 0.717) is 5.56 Å². The summed E-state index contributed by atoms with van der Waals surface area (Å²) in [5.41, 5.74) is 0.527. The van der Waals surface area contributed by atoms with Gasteiger partial charge < -0.3 is 14.7 Å². The molecule has 2 atom stereocenters. The molecule has 0 radical (unpaired) electrons. The number of nitrogens with zero attached hydrogens (tertiary/aromatic N) is 1. The molecule has 6 heteroatoms. The third-order valence-electron chi connectivity index (χ3n) is 2.94. The summed E-state index contributed by atoms with van der Waals surface area (Å²) < 4.78 is 17.9. The number of benzene rings is 1. The number of hydrogen-bond acceptors (Lipinski definition) is 3. The van der Waals surface area contributed by atoms with Gasteiger partial charge in [0.1, 0.15) is 12.4 Å². The first-order valence-electron chi connectivity index (χ1n) is 5.36. The van der Waals surface area contributed by atoms with Crippen LogP contribution in [-0.4, -0.2) is 41.6 Å². The first kappa shape index (κ1) is 12.5. The van der Waals surface area contributed by atoms with E-state index in [1.807, 2.05) is 0 Å². The minimum atomic E-state index is -1.15. The van der Waals surface area contributed by atoms with Gasteiger partial charge in [0.25, 0.3) is 0 Å². The summed E-state index contributed by atoms with van der Waals surface area (Å²) in [7, 11) is 1.51. The Morgan fingerprint density at radius 1 is 1.44 bits per heavy atom. The minimum Gasteiger partial charge on any atom is -0.479 e. The molecular weight excluding hydrogens is 241 g/mol. The summed E-state index contributed by atoms with van der Waals surface area (Å²) >= 11 is 0. The van der Waals surface area contributed by atoms with Crippen LogP contribution < -0.4 is 0 Å². The van der Waals surface area contributed by atoms with E-state index in [1.165, 1.54) is 36.2 Å². The number of hydrogen-bond donors (Lipinski definition) is 1. The Morgan fingerprint density at radius 2 is 2.06 bits per heavy atom. The first-order valence-corrected chi connectivity index (χ1v) is 5.36. The average molecular weight is 253 g/mol. The van der Waals surface area contributed by atoms with Crippen LogP contribution in [0.1, 0.15) is 11.6 Å². The molecule has 0 aliphatic carbocycles. The number of rotatable bonds is 2. The van der Waals surface area contributed by atoms with Gasteiger partial charge in [-0.05, 0) is 17.7 Å². The highest BCUT2D eigenvalue weighted by molar-refractivity contribution is 5.82. The largest absolute Gasteiger partial charge is 0.479 e. The Hall–Kier alpha value is -1.95. The number of halogens is 1. The first-order chi connectivity index (χ1) is 8.50. The summed E-state index contributed by atoms with van der Waals surface area (Å²) in [5.74, 6) is -1.87. The Balaban J connectivity index is 2.37. The van der Waals surface area contributed by atoms with Crippen molar-refractivity contribution < 1.29 is 23.8 Å². The van der Waals surface area contributed by atoms with E-state index in [1.54, 1.807) is 0 Å². The van der Waals surface area contributed by atoms with Crippen molar-refractivity contribution >= 4 is 11.9 Å². The van der Waals surface area contributed by atoms with Crippen molar-refractivity contribution in [1.29, 1.82) is 0 Å². The Labute approximate surface area is 103 Å². The number of carbonyl (C=O) groups excluding carboxylic acids is 1. The van der Waals surface area contributed by atoms with Gasteiger partial charge in [0.2, 0.25) is 5.91 Å². The SMILES string of the molecule is CN1C(=O)COC(C(=O)O)C1c1ccc(F)cc1. The van der Waals surface area contributed by atoms with Crippen molar-refractivity contribution in [2.75, 3.05) is 13.7 Å². The number of ether oxygens (including phenoxy) is 1. The summed E-state index contributed by atoms with van der Waals surface area (Å²) in [6.45, 7) is -0.259. The van der Waals surface area contributed by atoms with Crippen molar-refractivity contribution in [2.45, 2.75) is 12.1 Å². The number of amides is 1. The van der Waals surface area contributed by atoms with Gasteiger partial charge in [0.15, 0.2) is 6.10 Å². The smallest absolute Gasteiger partial charge is 0.335 e. The minimum absolute atomic E-state index is 0.259. The molecule has 1 aliphatic heterocycles. The van der Waals surface area contributed by atoms with Crippen LogP contribution in [0.3, 0.4) is 0 Å². The topological polar surface area (TPSA) is 66.8 Å². The molecule has 1 aromatic rings. The van der Waals surface area contributed by atoms with Crippen LogP contribution in [0.2, 0.25) is 0 Å². The van der Waals surface area contributed by atoms with Gasteiger partial charge in [-0.15, -0.1) is 0 Å². The van der Waals surface area contributed by atoms with Gasteiger partial charge in [-0.2, -0.15) is 0 Å². The quantitative estimate of drug-likeness (QED) is 0.847.